The first kappa shape index (κ1) is 19.0. The van der Waals surface area contributed by atoms with Crippen molar-refractivity contribution >= 4 is 0 Å². The van der Waals surface area contributed by atoms with Crippen LogP contribution >= 0.6 is 0 Å². The fourth-order valence-corrected chi connectivity index (χ4v) is 3.62. The van der Waals surface area contributed by atoms with E-state index in [1.54, 1.807) is 7.11 Å². The average Bonchev–Trinajstić information content (AvgIpc) is 2.72. The van der Waals surface area contributed by atoms with Crippen molar-refractivity contribution in [1.29, 1.82) is 0 Å². The number of benzene rings is 3. The number of phenols is 1. The van der Waals surface area contributed by atoms with Crippen LogP contribution in [0, 0.1) is 0 Å². The molecule has 140 valence electrons. The summed E-state index contributed by atoms with van der Waals surface area (Å²) >= 11 is 0. The molecule has 0 amide bonds. The predicted octanol–water partition coefficient (Wildman–Crippen LogP) is 6.56. The molecule has 3 aromatic rings. The minimum atomic E-state index is 0.0326. The van der Waals surface area contributed by atoms with Gasteiger partial charge in [-0.3, -0.25) is 0 Å². The molecule has 0 bridgehead atoms. The third-order valence-corrected chi connectivity index (χ3v) is 5.18. The molecule has 0 fully saturated rings. The van der Waals surface area contributed by atoms with Crippen LogP contribution < -0.4 is 4.74 Å². The molecule has 0 aliphatic carbocycles. The van der Waals surface area contributed by atoms with Gasteiger partial charge in [0.2, 0.25) is 0 Å². The van der Waals surface area contributed by atoms with E-state index in [2.05, 4.69) is 50.2 Å². The molecule has 0 aromatic heterocycles. The van der Waals surface area contributed by atoms with Crippen LogP contribution in [0.5, 0.6) is 11.5 Å². The molecule has 2 heteroatoms. The molecule has 1 N–H and O–H groups in total. The zero-order valence-corrected chi connectivity index (χ0v) is 16.4. The third kappa shape index (κ3) is 4.16. The summed E-state index contributed by atoms with van der Waals surface area (Å²) in [5.74, 6) is 1.25. The Labute approximate surface area is 162 Å². The Hall–Kier alpha value is -2.74. The van der Waals surface area contributed by atoms with Crippen LogP contribution in [0.1, 0.15) is 49.3 Å². The van der Waals surface area contributed by atoms with Gasteiger partial charge < -0.3 is 9.84 Å². The number of unbranched alkanes of at least 4 members (excludes halogenated alkanes) is 1. The van der Waals surface area contributed by atoms with Gasteiger partial charge in [-0.2, -0.15) is 0 Å². The summed E-state index contributed by atoms with van der Waals surface area (Å²) in [7, 11) is 1.72. The highest BCUT2D eigenvalue weighted by Gasteiger charge is 2.20. The minimum Gasteiger partial charge on any atom is -0.508 e. The van der Waals surface area contributed by atoms with E-state index in [1.807, 2.05) is 30.3 Å². The predicted molar refractivity (Wildman–Crippen MR) is 113 cm³/mol. The number of hydrogen-bond donors (Lipinski definition) is 1. The van der Waals surface area contributed by atoms with Crippen LogP contribution in [0.25, 0.3) is 11.1 Å². The van der Waals surface area contributed by atoms with E-state index in [0.717, 1.165) is 40.8 Å². The largest absolute Gasteiger partial charge is 0.508 e. The molecular weight excluding hydrogens is 332 g/mol. The Morgan fingerprint density at radius 3 is 2.41 bits per heavy atom. The molecule has 0 saturated carbocycles. The molecule has 0 heterocycles. The van der Waals surface area contributed by atoms with Gasteiger partial charge in [-0.15, -0.1) is 0 Å². The number of rotatable bonds is 7. The Balaban J connectivity index is 2.04. The smallest absolute Gasteiger partial charge is 0.130 e. The first-order valence-corrected chi connectivity index (χ1v) is 9.69. The van der Waals surface area contributed by atoms with Gasteiger partial charge in [0.15, 0.2) is 0 Å². The number of methoxy groups -OCH3 is 1. The van der Waals surface area contributed by atoms with Crippen molar-refractivity contribution < 1.29 is 9.84 Å². The summed E-state index contributed by atoms with van der Waals surface area (Å²) in [4.78, 5) is 0. The molecule has 3 rings (SSSR count). The lowest BCUT2D eigenvalue weighted by Crippen LogP contribution is -2.02. The van der Waals surface area contributed by atoms with Gasteiger partial charge in [-0.1, -0.05) is 80.9 Å². The average molecular weight is 360 g/mol. The summed E-state index contributed by atoms with van der Waals surface area (Å²) in [6, 6.07) is 22.5. The van der Waals surface area contributed by atoms with Crippen LogP contribution in [0.2, 0.25) is 0 Å². The number of para-hydroxylation sites is 1. The van der Waals surface area contributed by atoms with E-state index in [-0.39, 0.29) is 5.92 Å². The van der Waals surface area contributed by atoms with E-state index >= 15 is 0 Å². The summed E-state index contributed by atoms with van der Waals surface area (Å²) in [6.07, 6.45) is 3.36. The van der Waals surface area contributed by atoms with Crippen LogP contribution in [-0.2, 0) is 6.42 Å². The van der Waals surface area contributed by atoms with Crippen LogP contribution in [-0.4, -0.2) is 12.2 Å². The van der Waals surface area contributed by atoms with Crippen LogP contribution in [0.3, 0.4) is 0 Å². The molecule has 1 unspecified atom stereocenters. The summed E-state index contributed by atoms with van der Waals surface area (Å²) < 4.78 is 5.83. The number of hydrogen-bond acceptors (Lipinski definition) is 2. The second kappa shape index (κ2) is 8.77. The van der Waals surface area contributed by atoms with Gasteiger partial charge in [0.1, 0.15) is 11.5 Å². The maximum absolute atomic E-state index is 10.5. The molecule has 3 aromatic carbocycles. The van der Waals surface area contributed by atoms with Crippen molar-refractivity contribution in [3.8, 4) is 22.6 Å². The lowest BCUT2D eigenvalue weighted by molar-refractivity contribution is 0.409. The first-order chi connectivity index (χ1) is 13.2. The molecule has 27 heavy (non-hydrogen) atoms. The van der Waals surface area contributed by atoms with Crippen LogP contribution in [0.4, 0.5) is 0 Å². The fourth-order valence-electron chi connectivity index (χ4n) is 3.62. The second-order valence-corrected chi connectivity index (χ2v) is 7.01. The van der Waals surface area contributed by atoms with Crippen molar-refractivity contribution in [1.82, 2.24) is 0 Å². The highest BCUT2D eigenvalue weighted by atomic mass is 16.5. The normalized spacial score (nSPS) is 12.0. The quantitative estimate of drug-likeness (QED) is 0.517. The lowest BCUT2D eigenvalue weighted by atomic mass is 9.88. The van der Waals surface area contributed by atoms with E-state index < -0.39 is 0 Å². The standard InChI is InChI=1S/C25H28O2/c1-4-5-10-19-15-16-24(26)23(17-19)18(2)21-13-9-14-22(25(21)27-3)20-11-7-6-8-12-20/h6-9,11-18,26H,4-5,10H2,1-3H3. The molecular formula is C25H28O2. The molecule has 1 atom stereocenters. The lowest BCUT2D eigenvalue weighted by Gasteiger charge is -2.20. The molecule has 0 saturated heterocycles. The summed E-state index contributed by atoms with van der Waals surface area (Å²) in [6.45, 7) is 4.33. The van der Waals surface area contributed by atoms with Gasteiger partial charge in [0.05, 0.1) is 7.11 Å². The Morgan fingerprint density at radius 1 is 0.926 bits per heavy atom. The van der Waals surface area contributed by atoms with E-state index in [9.17, 15) is 5.11 Å². The van der Waals surface area contributed by atoms with Crippen molar-refractivity contribution in [3.63, 3.8) is 0 Å². The Kier molecular flexibility index (Phi) is 6.18. The summed E-state index contributed by atoms with van der Waals surface area (Å²) in [5, 5.41) is 10.5. The molecule has 2 nitrogen and oxygen atoms in total. The maximum atomic E-state index is 10.5. The Bertz CT molecular complexity index is 884. The van der Waals surface area contributed by atoms with Gasteiger partial charge >= 0.3 is 0 Å². The van der Waals surface area contributed by atoms with E-state index in [1.165, 1.54) is 12.0 Å². The number of phenolic OH excluding ortho intramolecular Hbond substituents is 1. The van der Waals surface area contributed by atoms with E-state index in [4.69, 9.17) is 4.74 Å². The highest BCUT2D eigenvalue weighted by molar-refractivity contribution is 5.73. The van der Waals surface area contributed by atoms with Crippen molar-refractivity contribution in [2.24, 2.45) is 0 Å². The maximum Gasteiger partial charge on any atom is 0.130 e. The van der Waals surface area contributed by atoms with E-state index in [0.29, 0.717) is 5.75 Å². The molecule has 0 aliphatic heterocycles. The third-order valence-electron chi connectivity index (χ3n) is 5.18. The van der Waals surface area contributed by atoms with Crippen LogP contribution in [0.15, 0.2) is 66.7 Å². The molecule has 0 spiro atoms. The second-order valence-electron chi connectivity index (χ2n) is 7.01. The van der Waals surface area contributed by atoms with Gasteiger partial charge in [-0.25, -0.2) is 0 Å². The zero-order valence-electron chi connectivity index (χ0n) is 16.4. The van der Waals surface area contributed by atoms with Gasteiger partial charge in [-0.05, 0) is 30.0 Å². The molecule has 0 aliphatic rings. The number of ether oxygens (including phenoxy) is 1. The van der Waals surface area contributed by atoms with Gasteiger partial charge in [0.25, 0.3) is 0 Å². The molecule has 0 radical (unpaired) electrons. The fraction of sp³-hybridized carbons (Fsp3) is 0.280. The van der Waals surface area contributed by atoms with Crippen molar-refractivity contribution in [3.05, 3.63) is 83.4 Å². The SMILES string of the molecule is CCCCc1ccc(O)c(C(C)c2cccc(-c3ccccc3)c2OC)c1. The highest BCUT2D eigenvalue weighted by Crippen LogP contribution is 2.41. The summed E-state index contributed by atoms with van der Waals surface area (Å²) in [5.41, 5.74) is 5.51. The first-order valence-electron chi connectivity index (χ1n) is 9.69. The number of aryl methyl sites for hydroxylation is 1. The topological polar surface area (TPSA) is 29.5 Å². The monoisotopic (exact) mass is 360 g/mol. The number of aromatic hydroxyl groups is 1. The zero-order chi connectivity index (χ0) is 19.2. The van der Waals surface area contributed by atoms with Crippen molar-refractivity contribution in [2.75, 3.05) is 7.11 Å². The van der Waals surface area contributed by atoms with Gasteiger partial charge in [0, 0.05) is 22.6 Å². The van der Waals surface area contributed by atoms with Crippen molar-refractivity contribution in [2.45, 2.75) is 39.0 Å². The minimum absolute atomic E-state index is 0.0326. The Morgan fingerprint density at radius 2 is 1.70 bits per heavy atom.